The van der Waals surface area contributed by atoms with Crippen molar-refractivity contribution in [3.63, 3.8) is 0 Å². The third-order valence-electron chi connectivity index (χ3n) is 4.94. The van der Waals surface area contributed by atoms with Gasteiger partial charge < -0.3 is 4.90 Å². The fourth-order valence-corrected chi connectivity index (χ4v) is 3.38. The van der Waals surface area contributed by atoms with Gasteiger partial charge in [0.2, 0.25) is 5.91 Å². The molecule has 0 atom stereocenters. The van der Waals surface area contributed by atoms with Gasteiger partial charge in [-0.1, -0.05) is 12.1 Å². The molecule has 0 radical (unpaired) electrons. The molecule has 3 heterocycles. The van der Waals surface area contributed by atoms with Gasteiger partial charge in [0.25, 0.3) is 0 Å². The third-order valence-corrected chi connectivity index (χ3v) is 4.94. The van der Waals surface area contributed by atoms with Crippen LogP contribution in [0.5, 0.6) is 0 Å². The van der Waals surface area contributed by atoms with E-state index >= 15 is 0 Å². The van der Waals surface area contributed by atoms with E-state index in [0.29, 0.717) is 6.42 Å². The molecule has 1 aromatic carbocycles. The van der Waals surface area contributed by atoms with E-state index in [1.54, 1.807) is 6.20 Å². The monoisotopic (exact) mass is 361 g/mol. The number of pyridine rings is 1. The first kappa shape index (κ1) is 17.4. The highest BCUT2D eigenvalue weighted by Gasteiger charge is 2.21. The summed E-state index contributed by atoms with van der Waals surface area (Å²) in [7, 11) is 0. The van der Waals surface area contributed by atoms with Gasteiger partial charge in [0.15, 0.2) is 0 Å². The topological polar surface area (TPSA) is 54.3 Å². The van der Waals surface area contributed by atoms with Gasteiger partial charge in [0, 0.05) is 57.5 Å². The van der Waals surface area contributed by atoms with Crippen molar-refractivity contribution in [1.29, 1.82) is 0 Å². The molecule has 6 nitrogen and oxygen atoms in total. The van der Waals surface area contributed by atoms with Gasteiger partial charge in [-0.2, -0.15) is 5.10 Å². The van der Waals surface area contributed by atoms with E-state index in [-0.39, 0.29) is 5.91 Å². The van der Waals surface area contributed by atoms with Crippen molar-refractivity contribution in [2.24, 2.45) is 0 Å². The fraction of sp³-hybridized carbons (Fsp3) is 0.286. The van der Waals surface area contributed by atoms with Gasteiger partial charge in [0.1, 0.15) is 0 Å². The highest BCUT2D eigenvalue weighted by Crippen LogP contribution is 2.12. The summed E-state index contributed by atoms with van der Waals surface area (Å²) < 4.78 is 1.81. The van der Waals surface area contributed by atoms with Crippen LogP contribution >= 0.6 is 0 Å². The number of nitrogens with zero attached hydrogens (tertiary/aromatic N) is 5. The minimum atomic E-state index is 0.199. The van der Waals surface area contributed by atoms with E-state index in [1.807, 2.05) is 70.6 Å². The van der Waals surface area contributed by atoms with E-state index in [1.165, 1.54) is 5.56 Å². The molecule has 1 aliphatic rings. The van der Waals surface area contributed by atoms with Crippen molar-refractivity contribution in [1.82, 2.24) is 24.6 Å². The molecule has 1 amide bonds. The van der Waals surface area contributed by atoms with Gasteiger partial charge in [-0.25, -0.2) is 4.68 Å². The van der Waals surface area contributed by atoms with Crippen LogP contribution in [0.2, 0.25) is 0 Å². The van der Waals surface area contributed by atoms with Gasteiger partial charge in [-0.05, 0) is 41.5 Å². The third kappa shape index (κ3) is 4.41. The van der Waals surface area contributed by atoms with E-state index in [0.717, 1.165) is 44.0 Å². The first-order chi connectivity index (χ1) is 13.3. The fourth-order valence-electron chi connectivity index (χ4n) is 3.38. The molecule has 0 unspecified atom stereocenters. The molecule has 6 heteroatoms. The Morgan fingerprint density at radius 3 is 2.30 bits per heavy atom. The maximum absolute atomic E-state index is 12.6. The number of piperazine rings is 1. The quantitative estimate of drug-likeness (QED) is 0.699. The minimum Gasteiger partial charge on any atom is -0.340 e. The number of rotatable bonds is 5. The Kier molecular flexibility index (Phi) is 5.25. The van der Waals surface area contributed by atoms with Crippen LogP contribution < -0.4 is 0 Å². The molecule has 2 aromatic heterocycles. The lowest BCUT2D eigenvalue weighted by molar-refractivity contribution is -0.132. The van der Waals surface area contributed by atoms with Crippen molar-refractivity contribution in [3.8, 4) is 5.69 Å². The van der Waals surface area contributed by atoms with Crippen molar-refractivity contribution >= 4 is 5.91 Å². The molecule has 0 spiro atoms. The van der Waals surface area contributed by atoms with Crippen LogP contribution in [0.1, 0.15) is 11.1 Å². The Balaban J connectivity index is 1.28. The molecular formula is C21H23N5O. The number of carbonyl (C=O) groups is 1. The lowest BCUT2D eigenvalue weighted by Gasteiger charge is -2.34. The summed E-state index contributed by atoms with van der Waals surface area (Å²) in [6.07, 6.45) is 7.76. The van der Waals surface area contributed by atoms with Gasteiger partial charge in [-0.15, -0.1) is 0 Å². The average Bonchev–Trinajstić information content (AvgIpc) is 3.25. The van der Waals surface area contributed by atoms with E-state index in [9.17, 15) is 4.79 Å². The number of benzene rings is 1. The van der Waals surface area contributed by atoms with Crippen LogP contribution in [0.15, 0.2) is 67.3 Å². The van der Waals surface area contributed by atoms with Crippen LogP contribution in [0.25, 0.3) is 5.69 Å². The molecule has 0 bridgehead atoms. The van der Waals surface area contributed by atoms with Gasteiger partial charge in [-0.3, -0.25) is 14.7 Å². The molecule has 27 heavy (non-hydrogen) atoms. The van der Waals surface area contributed by atoms with Crippen molar-refractivity contribution in [2.45, 2.75) is 13.0 Å². The zero-order valence-corrected chi connectivity index (χ0v) is 15.2. The van der Waals surface area contributed by atoms with Crippen molar-refractivity contribution < 1.29 is 4.79 Å². The zero-order chi connectivity index (χ0) is 18.5. The number of hydrogen-bond acceptors (Lipinski definition) is 4. The maximum Gasteiger partial charge on any atom is 0.227 e. The number of amides is 1. The van der Waals surface area contributed by atoms with Crippen LogP contribution in [0.4, 0.5) is 0 Å². The number of hydrogen-bond donors (Lipinski definition) is 0. The number of carbonyl (C=O) groups excluding carboxylic acids is 1. The molecular weight excluding hydrogens is 338 g/mol. The largest absolute Gasteiger partial charge is 0.340 e. The first-order valence-corrected chi connectivity index (χ1v) is 9.26. The highest BCUT2D eigenvalue weighted by molar-refractivity contribution is 5.79. The van der Waals surface area contributed by atoms with E-state index in [2.05, 4.69) is 15.0 Å². The molecule has 138 valence electrons. The summed E-state index contributed by atoms with van der Waals surface area (Å²) in [4.78, 5) is 21.0. The Bertz CT molecular complexity index is 853. The van der Waals surface area contributed by atoms with Crippen molar-refractivity contribution in [2.75, 3.05) is 26.2 Å². The highest BCUT2D eigenvalue weighted by atomic mass is 16.2. The molecule has 0 N–H and O–H groups in total. The molecule has 1 aliphatic heterocycles. The summed E-state index contributed by atoms with van der Waals surface area (Å²) in [6.45, 7) is 4.31. The smallest absolute Gasteiger partial charge is 0.227 e. The van der Waals surface area contributed by atoms with E-state index in [4.69, 9.17) is 0 Å². The van der Waals surface area contributed by atoms with Gasteiger partial charge >= 0.3 is 0 Å². The predicted molar refractivity (Wildman–Crippen MR) is 103 cm³/mol. The second-order valence-electron chi connectivity index (χ2n) is 6.81. The van der Waals surface area contributed by atoms with Crippen LogP contribution in [-0.2, 0) is 17.8 Å². The Morgan fingerprint density at radius 2 is 1.63 bits per heavy atom. The summed E-state index contributed by atoms with van der Waals surface area (Å²) in [5.41, 5.74) is 3.30. The van der Waals surface area contributed by atoms with Crippen LogP contribution in [-0.4, -0.2) is 56.7 Å². The summed E-state index contributed by atoms with van der Waals surface area (Å²) >= 11 is 0. The van der Waals surface area contributed by atoms with Crippen LogP contribution in [0.3, 0.4) is 0 Å². The molecule has 3 aromatic rings. The molecule has 0 aliphatic carbocycles. The summed E-state index contributed by atoms with van der Waals surface area (Å²) in [5, 5.41) is 4.22. The lowest BCUT2D eigenvalue weighted by Crippen LogP contribution is -2.48. The van der Waals surface area contributed by atoms with E-state index < -0.39 is 0 Å². The summed E-state index contributed by atoms with van der Waals surface area (Å²) in [6, 6.07) is 14.0. The predicted octanol–water partition coefficient (Wildman–Crippen LogP) is 2.15. The zero-order valence-electron chi connectivity index (χ0n) is 15.2. The van der Waals surface area contributed by atoms with Crippen molar-refractivity contribution in [3.05, 3.63) is 78.4 Å². The second-order valence-corrected chi connectivity index (χ2v) is 6.81. The average molecular weight is 361 g/mol. The molecule has 1 saturated heterocycles. The molecule has 1 fully saturated rings. The first-order valence-electron chi connectivity index (χ1n) is 9.26. The minimum absolute atomic E-state index is 0.199. The Labute approximate surface area is 159 Å². The standard InChI is InChI=1S/C21H23N5O/c27-21(16-18-2-4-20(5-3-18)26-11-1-8-23-26)25-14-12-24(13-15-25)17-19-6-9-22-10-7-19/h1-11H,12-17H2. The molecule has 4 rings (SSSR count). The Hall–Kier alpha value is -2.99. The van der Waals surface area contributed by atoms with Crippen LogP contribution in [0, 0.1) is 0 Å². The Morgan fingerprint density at radius 1 is 0.889 bits per heavy atom. The second kappa shape index (κ2) is 8.14. The number of aromatic nitrogens is 3. The lowest BCUT2D eigenvalue weighted by atomic mass is 10.1. The van der Waals surface area contributed by atoms with Gasteiger partial charge in [0.05, 0.1) is 12.1 Å². The summed E-state index contributed by atoms with van der Waals surface area (Å²) in [5.74, 6) is 0.199. The maximum atomic E-state index is 12.6. The SMILES string of the molecule is O=C(Cc1ccc(-n2cccn2)cc1)N1CCN(Cc2ccncc2)CC1. The normalized spacial score (nSPS) is 15.0. The molecule has 0 saturated carbocycles.